The van der Waals surface area contributed by atoms with Crippen LogP contribution < -0.4 is 0 Å². The second-order valence-electron chi connectivity index (χ2n) is 4.88. The highest BCUT2D eigenvalue weighted by molar-refractivity contribution is 6.17. The molecule has 1 rings (SSSR count). The average Bonchev–Trinajstić information content (AvgIpc) is 2.87. The maximum atomic E-state index is 5.76. The van der Waals surface area contributed by atoms with Gasteiger partial charge in [0.25, 0.3) is 0 Å². The summed E-state index contributed by atoms with van der Waals surface area (Å²) in [7, 11) is 1.68. The molecule has 0 amide bonds. The topological polar surface area (TPSA) is 30.9 Å². The Morgan fingerprint density at radius 1 is 1.11 bits per heavy atom. The van der Waals surface area contributed by atoms with Crippen molar-refractivity contribution in [1.82, 2.24) is 4.90 Å². The third kappa shape index (κ3) is 8.10. The number of ether oxygens (including phenoxy) is 3. The Bertz CT molecular complexity index is 207. The van der Waals surface area contributed by atoms with Crippen LogP contribution in [0.3, 0.4) is 0 Å². The van der Waals surface area contributed by atoms with Crippen LogP contribution in [0.2, 0.25) is 0 Å². The lowest BCUT2D eigenvalue weighted by atomic mass is 10.1. The highest BCUT2D eigenvalue weighted by atomic mass is 35.5. The highest BCUT2D eigenvalue weighted by Gasteiger charge is 2.23. The molecule has 1 heterocycles. The Kier molecular flexibility index (Phi) is 10.8. The summed E-state index contributed by atoms with van der Waals surface area (Å²) in [5, 5.41) is 0. The van der Waals surface area contributed by atoms with Crippen LogP contribution in [0.4, 0.5) is 0 Å². The van der Waals surface area contributed by atoms with Gasteiger partial charge in [0.15, 0.2) is 0 Å². The first kappa shape index (κ1) is 17.2. The zero-order valence-electron chi connectivity index (χ0n) is 12.1. The number of rotatable bonds is 12. The average molecular weight is 294 g/mol. The van der Waals surface area contributed by atoms with Crippen molar-refractivity contribution in [3.05, 3.63) is 0 Å². The van der Waals surface area contributed by atoms with Crippen LogP contribution in [0, 0.1) is 0 Å². The van der Waals surface area contributed by atoms with E-state index in [4.69, 9.17) is 25.8 Å². The monoisotopic (exact) mass is 293 g/mol. The summed E-state index contributed by atoms with van der Waals surface area (Å²) in [6, 6.07) is 0.723. The fourth-order valence-electron chi connectivity index (χ4n) is 2.48. The van der Waals surface area contributed by atoms with Gasteiger partial charge in [-0.05, 0) is 32.2 Å². The van der Waals surface area contributed by atoms with E-state index in [9.17, 15) is 0 Å². The minimum atomic E-state index is 0.645. The molecule has 0 N–H and O–H groups in total. The van der Waals surface area contributed by atoms with Crippen molar-refractivity contribution in [1.29, 1.82) is 0 Å². The molecule has 4 nitrogen and oxygen atoms in total. The lowest BCUT2D eigenvalue weighted by Gasteiger charge is -2.24. The Balaban J connectivity index is 1.93. The molecule has 19 heavy (non-hydrogen) atoms. The van der Waals surface area contributed by atoms with Gasteiger partial charge in [0, 0.05) is 25.6 Å². The second-order valence-corrected chi connectivity index (χ2v) is 5.26. The Hall–Kier alpha value is 0.130. The third-order valence-corrected chi connectivity index (χ3v) is 3.76. The number of likely N-dealkylation sites (tertiary alicyclic amines) is 1. The molecule has 0 bridgehead atoms. The first-order valence-corrected chi connectivity index (χ1v) is 7.86. The quantitative estimate of drug-likeness (QED) is 0.407. The van der Waals surface area contributed by atoms with Crippen molar-refractivity contribution in [2.24, 2.45) is 0 Å². The lowest BCUT2D eigenvalue weighted by Crippen LogP contribution is -2.32. The molecule has 5 heteroatoms. The van der Waals surface area contributed by atoms with Crippen LogP contribution in [-0.4, -0.2) is 70.1 Å². The predicted molar refractivity (Wildman–Crippen MR) is 78.1 cm³/mol. The number of hydrogen-bond donors (Lipinski definition) is 0. The van der Waals surface area contributed by atoms with Gasteiger partial charge in [0.2, 0.25) is 0 Å². The smallest absolute Gasteiger partial charge is 0.0701 e. The normalized spacial score (nSPS) is 20.2. The summed E-state index contributed by atoms with van der Waals surface area (Å²) in [6.45, 7) is 5.65. The van der Waals surface area contributed by atoms with E-state index in [0.29, 0.717) is 26.4 Å². The van der Waals surface area contributed by atoms with E-state index in [2.05, 4.69) is 4.90 Å². The van der Waals surface area contributed by atoms with E-state index in [0.717, 1.165) is 31.5 Å². The largest absolute Gasteiger partial charge is 0.382 e. The molecule has 114 valence electrons. The van der Waals surface area contributed by atoms with E-state index in [1.165, 1.54) is 25.8 Å². The van der Waals surface area contributed by atoms with E-state index in [-0.39, 0.29) is 0 Å². The SMILES string of the molecule is COCCOCCOCCN1CCCC1CCCCl. The molecular formula is C14H28ClNO3. The fourth-order valence-corrected chi connectivity index (χ4v) is 2.63. The summed E-state index contributed by atoms with van der Waals surface area (Å²) in [4.78, 5) is 2.54. The first-order valence-electron chi connectivity index (χ1n) is 7.33. The number of nitrogens with zero attached hydrogens (tertiary/aromatic N) is 1. The standard InChI is InChI=1S/C14H28ClNO3/c1-17-10-11-19-13-12-18-9-8-16-7-3-5-14(16)4-2-6-15/h14H,2-13H2,1H3. The highest BCUT2D eigenvalue weighted by Crippen LogP contribution is 2.20. The Labute approximate surface area is 122 Å². The van der Waals surface area contributed by atoms with E-state index in [1.54, 1.807) is 7.11 Å². The number of methoxy groups -OCH3 is 1. The van der Waals surface area contributed by atoms with Gasteiger partial charge in [-0.15, -0.1) is 11.6 Å². The molecule has 1 fully saturated rings. The summed E-state index contributed by atoms with van der Waals surface area (Å²) < 4.78 is 15.8. The summed E-state index contributed by atoms with van der Waals surface area (Å²) >= 11 is 5.76. The van der Waals surface area contributed by atoms with Gasteiger partial charge in [-0.3, -0.25) is 4.90 Å². The third-order valence-electron chi connectivity index (χ3n) is 3.50. The van der Waals surface area contributed by atoms with Crippen molar-refractivity contribution < 1.29 is 14.2 Å². The minimum Gasteiger partial charge on any atom is -0.382 e. The molecule has 0 aromatic carbocycles. The van der Waals surface area contributed by atoms with Crippen LogP contribution in [0.25, 0.3) is 0 Å². The van der Waals surface area contributed by atoms with Gasteiger partial charge in [-0.1, -0.05) is 0 Å². The summed E-state index contributed by atoms with van der Waals surface area (Å²) in [6.07, 6.45) is 4.98. The minimum absolute atomic E-state index is 0.645. The fraction of sp³-hybridized carbons (Fsp3) is 1.00. The molecule has 1 saturated heterocycles. The molecule has 0 spiro atoms. The molecule has 0 aromatic rings. The zero-order valence-corrected chi connectivity index (χ0v) is 12.9. The molecule has 1 aliphatic rings. The maximum absolute atomic E-state index is 5.76. The number of hydrogen-bond acceptors (Lipinski definition) is 4. The van der Waals surface area contributed by atoms with Crippen molar-refractivity contribution in [2.75, 3.05) is 59.1 Å². The van der Waals surface area contributed by atoms with Crippen molar-refractivity contribution >= 4 is 11.6 Å². The second kappa shape index (κ2) is 11.9. The van der Waals surface area contributed by atoms with E-state index >= 15 is 0 Å². The van der Waals surface area contributed by atoms with Crippen LogP contribution in [0.15, 0.2) is 0 Å². The van der Waals surface area contributed by atoms with Crippen LogP contribution in [0.5, 0.6) is 0 Å². The van der Waals surface area contributed by atoms with Gasteiger partial charge in [0.05, 0.1) is 33.0 Å². The van der Waals surface area contributed by atoms with Crippen molar-refractivity contribution in [3.8, 4) is 0 Å². The number of alkyl halides is 1. The number of halogens is 1. The van der Waals surface area contributed by atoms with Crippen molar-refractivity contribution in [2.45, 2.75) is 31.7 Å². The van der Waals surface area contributed by atoms with Gasteiger partial charge in [-0.25, -0.2) is 0 Å². The molecule has 1 aliphatic heterocycles. The zero-order chi connectivity index (χ0) is 13.8. The van der Waals surface area contributed by atoms with Gasteiger partial charge in [-0.2, -0.15) is 0 Å². The van der Waals surface area contributed by atoms with Crippen molar-refractivity contribution in [3.63, 3.8) is 0 Å². The predicted octanol–water partition coefficient (Wildman–Crippen LogP) is 2.15. The van der Waals surface area contributed by atoms with E-state index < -0.39 is 0 Å². The molecular weight excluding hydrogens is 266 g/mol. The van der Waals surface area contributed by atoms with Gasteiger partial charge >= 0.3 is 0 Å². The molecule has 0 saturated carbocycles. The molecule has 1 atom stereocenters. The van der Waals surface area contributed by atoms with Crippen LogP contribution >= 0.6 is 11.6 Å². The van der Waals surface area contributed by atoms with Crippen LogP contribution in [0.1, 0.15) is 25.7 Å². The summed E-state index contributed by atoms with van der Waals surface area (Å²) in [5.74, 6) is 0.777. The Morgan fingerprint density at radius 3 is 2.58 bits per heavy atom. The summed E-state index contributed by atoms with van der Waals surface area (Å²) in [5.41, 5.74) is 0. The molecule has 0 aliphatic carbocycles. The van der Waals surface area contributed by atoms with Gasteiger partial charge in [0.1, 0.15) is 0 Å². The molecule has 0 aromatic heterocycles. The first-order chi connectivity index (χ1) is 9.38. The lowest BCUT2D eigenvalue weighted by molar-refractivity contribution is 0.0185. The Morgan fingerprint density at radius 2 is 1.84 bits per heavy atom. The molecule has 1 unspecified atom stereocenters. The van der Waals surface area contributed by atoms with Gasteiger partial charge < -0.3 is 14.2 Å². The maximum Gasteiger partial charge on any atom is 0.0701 e. The molecule has 0 radical (unpaired) electrons. The van der Waals surface area contributed by atoms with Crippen LogP contribution in [-0.2, 0) is 14.2 Å². The van der Waals surface area contributed by atoms with E-state index in [1.807, 2.05) is 0 Å².